The van der Waals surface area contributed by atoms with Gasteiger partial charge in [-0.2, -0.15) is 10.5 Å². The number of ether oxygens (including phenoxy) is 1. The van der Waals surface area contributed by atoms with E-state index in [1.807, 2.05) is 12.1 Å². The predicted molar refractivity (Wildman–Crippen MR) is 125 cm³/mol. The average Bonchev–Trinajstić information content (AvgIpc) is 2.79. The SMILES string of the molecule is Cc1cc(/C=C/C#N)ccc1Oc1cc(Nc2ccc(C#N)cc2)c([N+](=O)[O-])cc1S(N)(=O)=O. The van der Waals surface area contributed by atoms with Crippen LogP contribution in [0.2, 0.25) is 0 Å². The summed E-state index contributed by atoms with van der Waals surface area (Å²) in [5, 5.41) is 37.4. The number of nitrogens with two attached hydrogens (primary N) is 1. The zero-order chi connectivity index (χ0) is 24.9. The summed E-state index contributed by atoms with van der Waals surface area (Å²) in [7, 11) is -4.38. The molecule has 0 radical (unpaired) electrons. The molecule has 0 unspecified atom stereocenters. The maximum Gasteiger partial charge on any atom is 0.294 e. The van der Waals surface area contributed by atoms with Crippen LogP contribution in [0.5, 0.6) is 11.5 Å². The summed E-state index contributed by atoms with van der Waals surface area (Å²) < 4.78 is 30.2. The third-order valence-electron chi connectivity index (χ3n) is 4.63. The Morgan fingerprint density at radius 1 is 1.09 bits per heavy atom. The van der Waals surface area contributed by atoms with E-state index in [1.165, 1.54) is 24.3 Å². The number of allylic oxidation sites excluding steroid dienone is 1. The van der Waals surface area contributed by atoms with Crippen LogP contribution in [0.4, 0.5) is 17.1 Å². The number of hydrogen-bond donors (Lipinski definition) is 2. The van der Waals surface area contributed by atoms with Gasteiger partial charge in [-0.3, -0.25) is 10.1 Å². The lowest BCUT2D eigenvalue weighted by Gasteiger charge is -2.15. The lowest BCUT2D eigenvalue weighted by molar-refractivity contribution is -0.384. The van der Waals surface area contributed by atoms with Gasteiger partial charge in [0.1, 0.15) is 22.1 Å². The number of primary sulfonamides is 1. The molecule has 3 N–H and O–H groups in total. The predicted octanol–water partition coefficient (Wildman–Crippen LogP) is 4.49. The van der Waals surface area contributed by atoms with Crippen LogP contribution in [0.3, 0.4) is 0 Å². The van der Waals surface area contributed by atoms with Gasteiger partial charge < -0.3 is 10.1 Å². The third-order valence-corrected chi connectivity index (χ3v) is 5.56. The van der Waals surface area contributed by atoms with E-state index in [4.69, 9.17) is 20.4 Å². The lowest BCUT2D eigenvalue weighted by Crippen LogP contribution is -2.14. The lowest BCUT2D eigenvalue weighted by atomic mass is 10.1. The molecule has 170 valence electrons. The number of nitrogens with zero attached hydrogens (tertiary/aromatic N) is 3. The normalized spacial score (nSPS) is 10.9. The van der Waals surface area contributed by atoms with Gasteiger partial charge in [-0.1, -0.05) is 6.07 Å². The highest BCUT2D eigenvalue weighted by atomic mass is 32.2. The number of rotatable bonds is 7. The smallest absolute Gasteiger partial charge is 0.294 e. The second kappa shape index (κ2) is 9.83. The maximum atomic E-state index is 12.2. The molecule has 3 aromatic rings. The molecular formula is C23H17N5O5S. The van der Waals surface area contributed by atoms with Gasteiger partial charge in [0.2, 0.25) is 10.0 Å². The van der Waals surface area contributed by atoms with Crippen molar-refractivity contribution in [1.29, 1.82) is 10.5 Å². The summed E-state index contributed by atoms with van der Waals surface area (Å²) in [6, 6.07) is 17.0. The molecule has 0 saturated heterocycles. The van der Waals surface area contributed by atoms with E-state index in [-0.39, 0.29) is 17.2 Å². The third kappa shape index (κ3) is 5.55. The Morgan fingerprint density at radius 2 is 1.79 bits per heavy atom. The van der Waals surface area contributed by atoms with Crippen LogP contribution in [-0.2, 0) is 10.0 Å². The van der Waals surface area contributed by atoms with Crippen molar-refractivity contribution < 1.29 is 18.1 Å². The van der Waals surface area contributed by atoms with Crippen molar-refractivity contribution in [3.05, 3.63) is 87.5 Å². The molecule has 0 saturated carbocycles. The fourth-order valence-electron chi connectivity index (χ4n) is 3.03. The first-order chi connectivity index (χ1) is 16.1. The number of anilines is 2. The van der Waals surface area contributed by atoms with E-state index >= 15 is 0 Å². The van der Waals surface area contributed by atoms with Gasteiger partial charge in [0.25, 0.3) is 5.69 Å². The van der Waals surface area contributed by atoms with Crippen LogP contribution in [0.15, 0.2) is 65.6 Å². The van der Waals surface area contributed by atoms with Gasteiger partial charge in [-0.25, -0.2) is 13.6 Å². The summed E-state index contributed by atoms with van der Waals surface area (Å²) in [5.41, 5.74) is 1.61. The van der Waals surface area contributed by atoms with E-state index in [0.29, 0.717) is 16.8 Å². The standard InChI is InChI=1S/C23H17N5O5S/c1-15-11-16(3-2-10-24)6-9-21(15)33-22-12-19(27-18-7-4-17(14-25)5-8-18)20(28(29)30)13-23(22)34(26,31)32/h2-9,11-13,27H,1H3,(H2,26,31,32)/b3-2+. The molecule has 11 heteroatoms. The van der Waals surface area contributed by atoms with Crippen molar-refractivity contribution in [2.24, 2.45) is 5.14 Å². The second-order valence-electron chi connectivity index (χ2n) is 7.02. The zero-order valence-corrected chi connectivity index (χ0v) is 18.5. The monoisotopic (exact) mass is 475 g/mol. The highest BCUT2D eigenvalue weighted by molar-refractivity contribution is 7.89. The minimum atomic E-state index is -4.38. The number of nitriles is 2. The van der Waals surface area contributed by atoms with E-state index in [0.717, 1.165) is 11.6 Å². The molecular weight excluding hydrogens is 458 g/mol. The van der Waals surface area contributed by atoms with Crippen LogP contribution in [0.1, 0.15) is 16.7 Å². The summed E-state index contributed by atoms with van der Waals surface area (Å²) in [6.45, 7) is 1.72. The molecule has 0 heterocycles. The number of hydrogen-bond acceptors (Lipinski definition) is 8. The average molecular weight is 475 g/mol. The zero-order valence-electron chi connectivity index (χ0n) is 17.7. The van der Waals surface area contributed by atoms with E-state index in [1.54, 1.807) is 43.3 Å². The van der Waals surface area contributed by atoms with Crippen LogP contribution in [0.25, 0.3) is 6.08 Å². The summed E-state index contributed by atoms with van der Waals surface area (Å²) in [6.07, 6.45) is 2.91. The Labute approximate surface area is 195 Å². The molecule has 3 rings (SSSR count). The van der Waals surface area contributed by atoms with E-state index < -0.39 is 25.5 Å². The first-order valence-corrected chi connectivity index (χ1v) is 11.1. The maximum absolute atomic E-state index is 12.2. The molecule has 0 aromatic heterocycles. The number of nitrogens with one attached hydrogen (secondary N) is 1. The number of nitro benzene ring substituents is 1. The van der Waals surface area contributed by atoms with Crippen molar-refractivity contribution in [2.75, 3.05) is 5.32 Å². The van der Waals surface area contributed by atoms with Gasteiger partial charge in [-0.15, -0.1) is 0 Å². The Kier molecular flexibility index (Phi) is 6.92. The molecule has 0 bridgehead atoms. The molecule has 0 fully saturated rings. The summed E-state index contributed by atoms with van der Waals surface area (Å²) >= 11 is 0. The van der Waals surface area contributed by atoms with Crippen LogP contribution >= 0.6 is 0 Å². The molecule has 10 nitrogen and oxygen atoms in total. The number of nitro groups is 1. The Balaban J connectivity index is 2.10. The molecule has 0 atom stereocenters. The molecule has 0 aliphatic carbocycles. The Bertz CT molecular complexity index is 1480. The van der Waals surface area contributed by atoms with Gasteiger partial charge in [0.15, 0.2) is 0 Å². The van der Waals surface area contributed by atoms with Crippen molar-refractivity contribution in [3.8, 4) is 23.6 Å². The fourth-order valence-corrected chi connectivity index (χ4v) is 3.69. The number of benzene rings is 3. The highest BCUT2D eigenvalue weighted by Gasteiger charge is 2.25. The fraction of sp³-hybridized carbons (Fsp3) is 0.0435. The first kappa shape index (κ1) is 23.9. The van der Waals surface area contributed by atoms with Crippen molar-refractivity contribution in [3.63, 3.8) is 0 Å². The van der Waals surface area contributed by atoms with Crippen LogP contribution in [0, 0.1) is 39.7 Å². The quantitative estimate of drug-likeness (QED) is 0.285. The van der Waals surface area contributed by atoms with E-state index in [9.17, 15) is 18.5 Å². The minimum absolute atomic E-state index is 0.0386. The topological polar surface area (TPSA) is 172 Å². The molecule has 0 spiro atoms. The molecule has 0 amide bonds. The Hall–Kier alpha value is -4.71. The van der Waals surface area contributed by atoms with Crippen molar-refractivity contribution in [2.45, 2.75) is 11.8 Å². The van der Waals surface area contributed by atoms with Gasteiger partial charge in [0, 0.05) is 23.9 Å². The minimum Gasteiger partial charge on any atom is -0.456 e. The number of aryl methyl sites for hydroxylation is 1. The highest BCUT2D eigenvalue weighted by Crippen LogP contribution is 2.39. The number of sulfonamides is 1. The van der Waals surface area contributed by atoms with Crippen molar-refractivity contribution >= 4 is 33.2 Å². The first-order valence-electron chi connectivity index (χ1n) is 9.59. The summed E-state index contributed by atoms with van der Waals surface area (Å²) in [5.74, 6) is 0.0739. The summed E-state index contributed by atoms with van der Waals surface area (Å²) in [4.78, 5) is 10.4. The van der Waals surface area contributed by atoms with Crippen molar-refractivity contribution in [1.82, 2.24) is 0 Å². The largest absolute Gasteiger partial charge is 0.456 e. The van der Waals surface area contributed by atoms with Gasteiger partial charge in [-0.05, 0) is 60.5 Å². The molecule has 0 aliphatic rings. The second-order valence-corrected chi connectivity index (χ2v) is 8.55. The molecule has 0 aliphatic heterocycles. The van der Waals surface area contributed by atoms with Gasteiger partial charge >= 0.3 is 0 Å². The molecule has 34 heavy (non-hydrogen) atoms. The van der Waals surface area contributed by atoms with Gasteiger partial charge in [0.05, 0.1) is 22.6 Å². The van der Waals surface area contributed by atoms with E-state index in [2.05, 4.69) is 5.32 Å². The molecule has 3 aromatic carbocycles. The van der Waals surface area contributed by atoms with Crippen LogP contribution < -0.4 is 15.2 Å². The Morgan fingerprint density at radius 3 is 2.35 bits per heavy atom. The van der Waals surface area contributed by atoms with Crippen LogP contribution in [-0.4, -0.2) is 13.3 Å².